The summed E-state index contributed by atoms with van der Waals surface area (Å²) in [6, 6.07) is 5.87. The van der Waals surface area contributed by atoms with Crippen LogP contribution < -0.4 is 0 Å². The summed E-state index contributed by atoms with van der Waals surface area (Å²) in [4.78, 5) is 33.3. The van der Waals surface area contributed by atoms with E-state index in [1.807, 2.05) is 20.8 Å². The number of nitro benzene ring substituents is 1. The van der Waals surface area contributed by atoms with Crippen molar-refractivity contribution in [2.24, 2.45) is 5.41 Å². The van der Waals surface area contributed by atoms with Gasteiger partial charge < -0.3 is 4.74 Å². The third kappa shape index (κ3) is 6.78. The first-order valence-electron chi connectivity index (χ1n) is 6.78. The van der Waals surface area contributed by atoms with E-state index in [-0.39, 0.29) is 24.1 Å². The van der Waals surface area contributed by atoms with Crippen LogP contribution in [0.3, 0.4) is 0 Å². The Balaban J connectivity index is 2.56. The zero-order valence-electron chi connectivity index (χ0n) is 12.9. The Hall–Kier alpha value is -2.50. The number of nitrogens with zero attached hydrogens (tertiary/aromatic N) is 1. The van der Waals surface area contributed by atoms with Crippen LogP contribution in [0.25, 0.3) is 6.08 Å². The summed E-state index contributed by atoms with van der Waals surface area (Å²) in [6.45, 7) is 6.01. The van der Waals surface area contributed by atoms with Crippen molar-refractivity contribution in [1.82, 2.24) is 0 Å². The van der Waals surface area contributed by atoms with Crippen molar-refractivity contribution in [2.75, 3.05) is 6.61 Å². The zero-order valence-corrected chi connectivity index (χ0v) is 12.9. The molecule has 0 bridgehead atoms. The number of hydrogen-bond acceptors (Lipinski definition) is 5. The summed E-state index contributed by atoms with van der Waals surface area (Å²) in [7, 11) is 0. The van der Waals surface area contributed by atoms with Crippen LogP contribution in [0.2, 0.25) is 0 Å². The lowest BCUT2D eigenvalue weighted by atomic mass is 9.99. The molecule has 6 heteroatoms. The predicted molar refractivity (Wildman–Crippen MR) is 82.2 cm³/mol. The number of esters is 1. The topological polar surface area (TPSA) is 86.5 Å². The molecule has 0 N–H and O–H groups in total. The van der Waals surface area contributed by atoms with E-state index in [0.29, 0.717) is 5.56 Å². The van der Waals surface area contributed by atoms with Crippen molar-refractivity contribution in [3.05, 3.63) is 46.0 Å². The van der Waals surface area contributed by atoms with E-state index in [2.05, 4.69) is 0 Å². The van der Waals surface area contributed by atoms with Crippen LogP contribution in [0, 0.1) is 15.5 Å². The van der Waals surface area contributed by atoms with Crippen LogP contribution in [0.15, 0.2) is 30.3 Å². The number of nitro groups is 1. The van der Waals surface area contributed by atoms with Crippen molar-refractivity contribution >= 4 is 23.5 Å². The first-order valence-corrected chi connectivity index (χ1v) is 6.78. The summed E-state index contributed by atoms with van der Waals surface area (Å²) in [5.41, 5.74) is 0.308. The molecular weight excluding hydrogens is 286 g/mol. The van der Waals surface area contributed by atoms with Gasteiger partial charge in [0.15, 0.2) is 5.78 Å². The second-order valence-electron chi connectivity index (χ2n) is 6.05. The highest BCUT2D eigenvalue weighted by Gasteiger charge is 2.15. The minimum absolute atomic E-state index is 0.0563. The van der Waals surface area contributed by atoms with Crippen molar-refractivity contribution in [3.63, 3.8) is 0 Å². The van der Waals surface area contributed by atoms with E-state index in [1.54, 1.807) is 6.07 Å². The molecule has 0 radical (unpaired) electrons. The minimum atomic E-state index is -0.580. The number of allylic oxidation sites excluding steroid dienone is 1. The molecule has 1 aromatic rings. The van der Waals surface area contributed by atoms with Crippen molar-refractivity contribution in [2.45, 2.75) is 27.2 Å². The molecule has 0 aliphatic rings. The van der Waals surface area contributed by atoms with Gasteiger partial charge in [-0.1, -0.05) is 39.0 Å². The SMILES string of the molecule is CC(C)(C)COC(=O)CC(=O)C=Cc1cccc([N+](=O)[O-])c1. The fourth-order valence-electron chi connectivity index (χ4n) is 1.48. The van der Waals surface area contributed by atoms with E-state index >= 15 is 0 Å². The molecule has 0 aliphatic carbocycles. The Morgan fingerprint density at radius 3 is 2.59 bits per heavy atom. The number of hydrogen-bond donors (Lipinski definition) is 0. The number of non-ortho nitro benzene ring substituents is 1. The minimum Gasteiger partial charge on any atom is -0.465 e. The molecule has 0 amide bonds. The Morgan fingerprint density at radius 1 is 1.32 bits per heavy atom. The van der Waals surface area contributed by atoms with Crippen LogP contribution in [0.4, 0.5) is 5.69 Å². The Bertz CT molecular complexity index is 599. The Kier molecular flexibility index (Phi) is 5.98. The molecule has 0 aliphatic heterocycles. The second kappa shape index (κ2) is 7.49. The average Bonchev–Trinajstić information content (AvgIpc) is 2.42. The maximum Gasteiger partial charge on any atom is 0.313 e. The fourth-order valence-corrected chi connectivity index (χ4v) is 1.48. The van der Waals surface area contributed by atoms with Gasteiger partial charge >= 0.3 is 5.97 Å². The van der Waals surface area contributed by atoms with Gasteiger partial charge in [0.1, 0.15) is 6.42 Å². The molecule has 1 rings (SSSR count). The summed E-state index contributed by atoms with van der Waals surface area (Å²) < 4.78 is 5.00. The van der Waals surface area contributed by atoms with Crippen LogP contribution >= 0.6 is 0 Å². The smallest absolute Gasteiger partial charge is 0.313 e. The molecule has 6 nitrogen and oxygen atoms in total. The van der Waals surface area contributed by atoms with Crippen molar-refractivity contribution < 1.29 is 19.2 Å². The van der Waals surface area contributed by atoms with Crippen LogP contribution in [0.5, 0.6) is 0 Å². The average molecular weight is 305 g/mol. The highest BCUT2D eigenvalue weighted by Crippen LogP contribution is 2.15. The highest BCUT2D eigenvalue weighted by atomic mass is 16.6. The van der Waals surface area contributed by atoms with E-state index < -0.39 is 16.7 Å². The van der Waals surface area contributed by atoms with E-state index in [1.165, 1.54) is 30.4 Å². The van der Waals surface area contributed by atoms with E-state index in [0.717, 1.165) is 0 Å². The van der Waals surface area contributed by atoms with Gasteiger partial charge in [-0.25, -0.2) is 0 Å². The lowest BCUT2D eigenvalue weighted by Gasteiger charge is -2.17. The van der Waals surface area contributed by atoms with E-state index in [9.17, 15) is 19.7 Å². The van der Waals surface area contributed by atoms with Gasteiger partial charge in [0.2, 0.25) is 0 Å². The van der Waals surface area contributed by atoms with Gasteiger partial charge in [-0.05, 0) is 17.1 Å². The largest absolute Gasteiger partial charge is 0.465 e. The summed E-state index contributed by atoms with van der Waals surface area (Å²) in [6.07, 6.45) is 2.31. The van der Waals surface area contributed by atoms with Gasteiger partial charge in [0.05, 0.1) is 11.5 Å². The van der Waals surface area contributed by atoms with Gasteiger partial charge in [-0.2, -0.15) is 0 Å². The second-order valence-corrected chi connectivity index (χ2v) is 6.05. The van der Waals surface area contributed by atoms with Gasteiger partial charge in [0.25, 0.3) is 5.69 Å². The van der Waals surface area contributed by atoms with Crippen LogP contribution in [-0.2, 0) is 14.3 Å². The molecule has 0 spiro atoms. The predicted octanol–water partition coefficient (Wildman–Crippen LogP) is 3.16. The molecule has 22 heavy (non-hydrogen) atoms. The summed E-state index contributed by atoms with van der Waals surface area (Å²) in [5.74, 6) is -0.992. The molecule has 0 fully saturated rings. The molecule has 0 atom stereocenters. The molecule has 0 saturated carbocycles. The lowest BCUT2D eigenvalue weighted by molar-refractivity contribution is -0.384. The summed E-state index contributed by atoms with van der Waals surface area (Å²) in [5, 5.41) is 10.6. The monoisotopic (exact) mass is 305 g/mol. The number of ether oxygens (including phenoxy) is 1. The summed E-state index contributed by atoms with van der Waals surface area (Å²) >= 11 is 0. The normalized spacial score (nSPS) is 11.4. The van der Waals surface area contributed by atoms with Gasteiger partial charge in [-0.3, -0.25) is 19.7 Å². The molecule has 1 aromatic carbocycles. The third-order valence-electron chi connectivity index (χ3n) is 2.53. The van der Waals surface area contributed by atoms with Gasteiger partial charge in [-0.15, -0.1) is 0 Å². The number of benzene rings is 1. The third-order valence-corrected chi connectivity index (χ3v) is 2.53. The quantitative estimate of drug-likeness (QED) is 0.265. The standard InChI is InChI=1S/C16H19NO5/c1-16(2,3)11-22-15(19)10-14(18)8-7-12-5-4-6-13(9-12)17(20)21/h4-9H,10-11H2,1-3H3. The Labute approximate surface area is 128 Å². The number of rotatable bonds is 6. The van der Waals surface area contributed by atoms with Crippen LogP contribution in [-0.4, -0.2) is 23.3 Å². The molecule has 0 heterocycles. The fraction of sp³-hybridized carbons (Fsp3) is 0.375. The highest BCUT2D eigenvalue weighted by molar-refractivity contribution is 6.03. The number of ketones is 1. The molecule has 0 saturated heterocycles. The maximum atomic E-state index is 11.6. The number of carbonyl (C=O) groups excluding carboxylic acids is 2. The van der Waals surface area contributed by atoms with Gasteiger partial charge in [0, 0.05) is 12.1 Å². The molecule has 118 valence electrons. The van der Waals surface area contributed by atoms with Crippen molar-refractivity contribution in [1.29, 1.82) is 0 Å². The molecule has 0 unspecified atom stereocenters. The zero-order chi connectivity index (χ0) is 16.8. The lowest BCUT2D eigenvalue weighted by Crippen LogP contribution is -2.19. The Morgan fingerprint density at radius 2 is 2.00 bits per heavy atom. The first kappa shape index (κ1) is 17.6. The van der Waals surface area contributed by atoms with E-state index in [4.69, 9.17) is 4.74 Å². The van der Waals surface area contributed by atoms with Crippen molar-refractivity contribution in [3.8, 4) is 0 Å². The maximum absolute atomic E-state index is 11.6. The molecule has 0 aromatic heterocycles. The first-order chi connectivity index (χ1) is 10.2. The number of carbonyl (C=O) groups is 2. The van der Waals surface area contributed by atoms with Crippen LogP contribution in [0.1, 0.15) is 32.8 Å². The molecular formula is C16H19NO5.